The minimum Gasteiger partial charge on any atom is -0.399 e. The van der Waals surface area contributed by atoms with Gasteiger partial charge in [0.2, 0.25) is 15.7 Å². The highest BCUT2D eigenvalue weighted by atomic mass is 32.2. The van der Waals surface area contributed by atoms with Crippen molar-refractivity contribution in [2.75, 3.05) is 11.5 Å². The first-order valence-corrected chi connectivity index (χ1v) is 9.54. The molecule has 128 valence electrons. The number of nitrogens with two attached hydrogens (primary N) is 2. The zero-order valence-corrected chi connectivity index (χ0v) is 14.2. The molecule has 0 aliphatic carbocycles. The lowest BCUT2D eigenvalue weighted by molar-refractivity contribution is -0.117. The molecule has 0 fully saturated rings. The van der Waals surface area contributed by atoms with Gasteiger partial charge in [-0.25, -0.2) is 21.6 Å². The first-order valence-electron chi connectivity index (χ1n) is 6.57. The van der Waals surface area contributed by atoms with Crippen LogP contribution in [0.2, 0.25) is 0 Å². The Morgan fingerprint density at radius 3 is 2.00 bits per heavy atom. The minimum atomic E-state index is -4.27. The zero-order valence-electron chi connectivity index (χ0n) is 12.6. The van der Waals surface area contributed by atoms with E-state index in [4.69, 9.17) is 11.5 Å². The summed E-state index contributed by atoms with van der Waals surface area (Å²) in [5.74, 6) is -0.818. The van der Waals surface area contributed by atoms with Crippen LogP contribution in [0.5, 0.6) is 0 Å². The van der Waals surface area contributed by atoms with Gasteiger partial charge in [-0.15, -0.1) is 0 Å². The van der Waals surface area contributed by atoms with Gasteiger partial charge < -0.3 is 11.5 Å². The van der Waals surface area contributed by atoms with Gasteiger partial charge in [0.15, 0.2) is 0 Å². The smallest absolute Gasteiger partial charge is 0.266 e. The molecular formula is C14H15N3O5S2. The number of rotatable bonds is 4. The standard InChI is InChI=1S/C14H15N3O5S2/c1-9(18)17-24(21,22)14-8-12(6-7-13(14)16)23(19,20)11-4-2-10(15)3-5-11/h2-8H,15-16H2,1H3,(H,17,18). The molecule has 0 saturated heterocycles. The number of carbonyl (C=O) groups excluding carboxylic acids is 1. The number of sulfone groups is 1. The zero-order chi connectivity index (χ0) is 18.1. The molecule has 2 aromatic rings. The van der Waals surface area contributed by atoms with Gasteiger partial charge in [-0.2, -0.15) is 0 Å². The molecule has 24 heavy (non-hydrogen) atoms. The molecule has 10 heteroatoms. The van der Waals surface area contributed by atoms with Gasteiger partial charge in [0, 0.05) is 12.6 Å². The molecule has 2 aromatic carbocycles. The van der Waals surface area contributed by atoms with Crippen molar-refractivity contribution >= 4 is 37.1 Å². The number of benzene rings is 2. The quantitative estimate of drug-likeness (QED) is 0.664. The predicted molar refractivity (Wildman–Crippen MR) is 88.2 cm³/mol. The van der Waals surface area contributed by atoms with E-state index in [9.17, 15) is 21.6 Å². The normalized spacial score (nSPS) is 11.9. The molecule has 0 aromatic heterocycles. The fourth-order valence-corrected chi connectivity index (χ4v) is 4.45. The molecule has 0 saturated carbocycles. The topological polar surface area (TPSA) is 149 Å². The van der Waals surface area contributed by atoms with E-state index in [1.165, 1.54) is 30.3 Å². The summed E-state index contributed by atoms with van der Waals surface area (Å²) < 4.78 is 51.1. The van der Waals surface area contributed by atoms with Crippen molar-refractivity contribution < 1.29 is 21.6 Å². The summed E-state index contributed by atoms with van der Waals surface area (Å²) in [6.07, 6.45) is 0. The highest BCUT2D eigenvalue weighted by molar-refractivity contribution is 7.92. The number of hydrogen-bond donors (Lipinski definition) is 3. The van der Waals surface area contributed by atoms with Crippen LogP contribution in [0.25, 0.3) is 0 Å². The second-order valence-electron chi connectivity index (χ2n) is 4.93. The van der Waals surface area contributed by atoms with Crippen LogP contribution in [-0.4, -0.2) is 22.7 Å². The van der Waals surface area contributed by atoms with Crippen molar-refractivity contribution in [1.29, 1.82) is 0 Å². The van der Waals surface area contributed by atoms with Crippen LogP contribution in [0, 0.1) is 0 Å². The number of nitrogens with one attached hydrogen (secondary N) is 1. The van der Waals surface area contributed by atoms with Crippen molar-refractivity contribution in [3.63, 3.8) is 0 Å². The van der Waals surface area contributed by atoms with Crippen LogP contribution in [0.1, 0.15) is 6.92 Å². The van der Waals surface area contributed by atoms with Crippen LogP contribution in [0.15, 0.2) is 57.2 Å². The summed E-state index contributed by atoms with van der Waals surface area (Å²) >= 11 is 0. The predicted octanol–water partition coefficient (Wildman–Crippen LogP) is 0.509. The third-order valence-corrected chi connectivity index (χ3v) is 6.31. The lowest BCUT2D eigenvalue weighted by Crippen LogP contribution is -2.29. The van der Waals surface area contributed by atoms with E-state index in [1.807, 2.05) is 0 Å². The van der Waals surface area contributed by atoms with E-state index in [2.05, 4.69) is 0 Å². The van der Waals surface area contributed by atoms with Gasteiger partial charge >= 0.3 is 0 Å². The molecule has 0 atom stereocenters. The van der Waals surface area contributed by atoms with E-state index in [-0.39, 0.29) is 15.5 Å². The summed E-state index contributed by atoms with van der Waals surface area (Å²) in [7, 11) is -8.24. The number of anilines is 2. The van der Waals surface area contributed by atoms with Gasteiger partial charge in [-0.1, -0.05) is 0 Å². The Morgan fingerprint density at radius 1 is 0.917 bits per heavy atom. The highest BCUT2D eigenvalue weighted by Crippen LogP contribution is 2.27. The lowest BCUT2D eigenvalue weighted by Gasteiger charge is -2.11. The monoisotopic (exact) mass is 369 g/mol. The molecule has 1 amide bonds. The second kappa shape index (κ2) is 6.13. The third kappa shape index (κ3) is 3.49. The molecule has 0 radical (unpaired) electrons. The molecule has 8 nitrogen and oxygen atoms in total. The summed E-state index contributed by atoms with van der Waals surface area (Å²) in [4.78, 5) is 10.2. The Bertz CT molecular complexity index is 997. The first kappa shape index (κ1) is 17.8. The molecule has 0 aliphatic rings. The molecule has 0 bridgehead atoms. The fraction of sp³-hybridized carbons (Fsp3) is 0.0714. The van der Waals surface area contributed by atoms with Gasteiger partial charge in [0.1, 0.15) is 4.90 Å². The Balaban J connectivity index is 2.59. The van der Waals surface area contributed by atoms with Crippen LogP contribution < -0.4 is 16.2 Å². The van der Waals surface area contributed by atoms with Crippen molar-refractivity contribution in [3.05, 3.63) is 42.5 Å². The van der Waals surface area contributed by atoms with E-state index in [1.54, 1.807) is 4.72 Å². The van der Waals surface area contributed by atoms with Crippen LogP contribution in [0.4, 0.5) is 11.4 Å². The highest BCUT2D eigenvalue weighted by Gasteiger charge is 2.24. The van der Waals surface area contributed by atoms with Gasteiger partial charge in [0.25, 0.3) is 10.0 Å². The maximum atomic E-state index is 12.6. The van der Waals surface area contributed by atoms with Crippen molar-refractivity contribution in [1.82, 2.24) is 4.72 Å². The molecule has 0 heterocycles. The summed E-state index contributed by atoms with van der Waals surface area (Å²) in [5, 5.41) is 0. The van der Waals surface area contributed by atoms with E-state index in [0.717, 1.165) is 19.1 Å². The van der Waals surface area contributed by atoms with Crippen molar-refractivity contribution in [2.24, 2.45) is 0 Å². The summed E-state index contributed by atoms with van der Waals surface area (Å²) in [6.45, 7) is 1.02. The van der Waals surface area contributed by atoms with E-state index >= 15 is 0 Å². The summed E-state index contributed by atoms with van der Waals surface area (Å²) in [5.41, 5.74) is 11.3. The summed E-state index contributed by atoms with van der Waals surface area (Å²) in [6, 6.07) is 8.70. The maximum Gasteiger partial charge on any atom is 0.266 e. The van der Waals surface area contributed by atoms with Gasteiger partial charge in [-0.3, -0.25) is 4.79 Å². The first-order chi connectivity index (χ1) is 11.0. The van der Waals surface area contributed by atoms with Gasteiger partial charge in [-0.05, 0) is 42.5 Å². The van der Waals surface area contributed by atoms with Crippen molar-refractivity contribution in [2.45, 2.75) is 21.6 Å². The average Bonchev–Trinajstić information content (AvgIpc) is 2.46. The third-order valence-electron chi connectivity index (χ3n) is 3.05. The molecule has 0 unspecified atom stereocenters. The van der Waals surface area contributed by atoms with E-state index < -0.39 is 30.7 Å². The Kier molecular flexibility index (Phi) is 4.54. The minimum absolute atomic E-state index is 0.0515. The average molecular weight is 369 g/mol. The number of carbonyl (C=O) groups is 1. The molecule has 5 N–H and O–H groups in total. The van der Waals surface area contributed by atoms with E-state index in [0.29, 0.717) is 5.69 Å². The SMILES string of the molecule is CC(=O)NS(=O)(=O)c1cc(S(=O)(=O)c2ccc(N)cc2)ccc1N. The van der Waals surface area contributed by atoms with Gasteiger partial charge in [0.05, 0.1) is 15.5 Å². The van der Waals surface area contributed by atoms with Crippen molar-refractivity contribution in [3.8, 4) is 0 Å². The Morgan fingerprint density at radius 2 is 1.46 bits per heavy atom. The van der Waals surface area contributed by atoms with Crippen LogP contribution in [0.3, 0.4) is 0 Å². The number of nitrogen functional groups attached to an aromatic ring is 2. The molecule has 2 rings (SSSR count). The fourth-order valence-electron chi connectivity index (χ4n) is 1.94. The Labute approximate surface area is 139 Å². The van der Waals surface area contributed by atoms with Crippen LogP contribution >= 0.6 is 0 Å². The van der Waals surface area contributed by atoms with Crippen LogP contribution in [-0.2, 0) is 24.7 Å². The number of hydrogen-bond acceptors (Lipinski definition) is 7. The second-order valence-corrected chi connectivity index (χ2v) is 8.53. The molecule has 0 aliphatic heterocycles. The lowest BCUT2D eigenvalue weighted by atomic mass is 10.3. The molecule has 0 spiro atoms. The molecular weight excluding hydrogens is 354 g/mol. The maximum absolute atomic E-state index is 12.6. The number of sulfonamides is 1. The number of amides is 1. The largest absolute Gasteiger partial charge is 0.399 e. The Hall–Kier alpha value is -2.59.